The highest BCUT2D eigenvalue weighted by Crippen LogP contribution is 2.40. The smallest absolute Gasteiger partial charge is 0.276 e. The minimum Gasteiger partial charge on any atom is -0.360 e. The van der Waals surface area contributed by atoms with Crippen molar-refractivity contribution in [1.29, 1.82) is 0 Å². The van der Waals surface area contributed by atoms with Gasteiger partial charge in [0, 0.05) is 50.1 Å². The van der Waals surface area contributed by atoms with Crippen molar-refractivity contribution in [2.45, 2.75) is 38.6 Å². The molecule has 1 aliphatic heterocycles. The number of hydrogen-bond acceptors (Lipinski definition) is 6. The monoisotopic (exact) mass is 346 g/mol. The van der Waals surface area contributed by atoms with Crippen LogP contribution < -0.4 is 0 Å². The zero-order chi connectivity index (χ0) is 16.5. The predicted octanol–water partition coefficient (Wildman–Crippen LogP) is 2.67. The third-order valence-corrected chi connectivity index (χ3v) is 5.48. The van der Waals surface area contributed by atoms with E-state index in [0.29, 0.717) is 11.6 Å². The molecule has 0 atom stereocenters. The maximum atomic E-state index is 12.7. The summed E-state index contributed by atoms with van der Waals surface area (Å²) in [5, 5.41) is 7.21. The first kappa shape index (κ1) is 15.8. The van der Waals surface area contributed by atoms with Gasteiger partial charge < -0.3 is 9.42 Å². The lowest BCUT2D eigenvalue weighted by Gasteiger charge is -2.20. The second-order valence-electron chi connectivity index (χ2n) is 6.67. The van der Waals surface area contributed by atoms with Gasteiger partial charge in [-0.3, -0.25) is 9.69 Å². The SMILES string of the molecule is Cc1nc(CN2CCCN(C(=O)c3cc(C4CC4)on3)CC2)cs1. The fourth-order valence-electron chi connectivity index (χ4n) is 3.15. The summed E-state index contributed by atoms with van der Waals surface area (Å²) in [6.07, 6.45) is 3.28. The molecule has 0 N–H and O–H groups in total. The Bertz CT molecular complexity index is 722. The van der Waals surface area contributed by atoms with Gasteiger partial charge in [0.05, 0.1) is 10.7 Å². The van der Waals surface area contributed by atoms with Crippen LogP contribution in [0, 0.1) is 6.92 Å². The molecule has 1 aliphatic carbocycles. The van der Waals surface area contributed by atoms with Crippen molar-refractivity contribution in [3.8, 4) is 0 Å². The first-order valence-electron chi connectivity index (χ1n) is 8.58. The fourth-order valence-corrected chi connectivity index (χ4v) is 3.76. The summed E-state index contributed by atoms with van der Waals surface area (Å²) in [6, 6.07) is 1.83. The van der Waals surface area contributed by atoms with Crippen LogP contribution in [0.4, 0.5) is 0 Å². The average molecular weight is 346 g/mol. The van der Waals surface area contributed by atoms with Crippen LogP contribution in [0.1, 0.15) is 52.1 Å². The molecule has 0 aromatic carbocycles. The fraction of sp³-hybridized carbons (Fsp3) is 0.588. The van der Waals surface area contributed by atoms with Gasteiger partial charge in [-0.15, -0.1) is 11.3 Å². The molecule has 2 aliphatic rings. The first-order valence-corrected chi connectivity index (χ1v) is 9.46. The summed E-state index contributed by atoms with van der Waals surface area (Å²) in [5.74, 6) is 1.35. The maximum absolute atomic E-state index is 12.7. The van der Waals surface area contributed by atoms with Crippen molar-refractivity contribution in [3.05, 3.63) is 33.6 Å². The molecule has 2 aromatic rings. The molecule has 0 radical (unpaired) electrons. The second-order valence-corrected chi connectivity index (χ2v) is 7.73. The molecule has 24 heavy (non-hydrogen) atoms. The van der Waals surface area contributed by atoms with E-state index in [0.717, 1.165) is 68.4 Å². The van der Waals surface area contributed by atoms with E-state index in [4.69, 9.17) is 4.52 Å². The Kier molecular flexibility index (Phi) is 4.37. The Labute approximate surface area is 145 Å². The van der Waals surface area contributed by atoms with Gasteiger partial charge in [-0.1, -0.05) is 5.16 Å². The number of aromatic nitrogens is 2. The Morgan fingerprint density at radius 2 is 2.21 bits per heavy atom. The van der Waals surface area contributed by atoms with Crippen molar-refractivity contribution >= 4 is 17.2 Å². The van der Waals surface area contributed by atoms with Crippen molar-refractivity contribution < 1.29 is 9.32 Å². The highest BCUT2D eigenvalue weighted by molar-refractivity contribution is 7.09. The van der Waals surface area contributed by atoms with E-state index in [9.17, 15) is 4.79 Å². The molecule has 1 saturated carbocycles. The third kappa shape index (κ3) is 3.52. The molecule has 0 spiro atoms. The summed E-state index contributed by atoms with van der Waals surface area (Å²) in [4.78, 5) is 21.5. The number of carbonyl (C=O) groups is 1. The number of aryl methyl sites for hydroxylation is 1. The lowest BCUT2D eigenvalue weighted by molar-refractivity contribution is 0.0750. The molecular weight excluding hydrogens is 324 g/mol. The topological polar surface area (TPSA) is 62.5 Å². The highest BCUT2D eigenvalue weighted by atomic mass is 32.1. The molecule has 0 unspecified atom stereocenters. The predicted molar refractivity (Wildman–Crippen MR) is 91.1 cm³/mol. The standard InChI is InChI=1S/C17H22N4O2S/c1-12-18-14(11-24-12)10-20-5-2-6-21(8-7-20)17(22)15-9-16(23-19-15)13-3-4-13/h9,11,13H,2-8,10H2,1H3. The first-order chi connectivity index (χ1) is 11.7. The zero-order valence-electron chi connectivity index (χ0n) is 13.9. The number of rotatable bonds is 4. The number of nitrogens with zero attached hydrogens (tertiary/aromatic N) is 4. The van der Waals surface area contributed by atoms with E-state index < -0.39 is 0 Å². The van der Waals surface area contributed by atoms with E-state index in [1.54, 1.807) is 11.3 Å². The average Bonchev–Trinajstić information content (AvgIpc) is 3.24. The number of thiazole rings is 1. The largest absolute Gasteiger partial charge is 0.360 e. The van der Waals surface area contributed by atoms with Gasteiger partial charge in [0.2, 0.25) is 0 Å². The van der Waals surface area contributed by atoms with Gasteiger partial charge in [-0.05, 0) is 26.2 Å². The zero-order valence-corrected chi connectivity index (χ0v) is 14.7. The van der Waals surface area contributed by atoms with Crippen LogP contribution in [-0.4, -0.2) is 52.0 Å². The van der Waals surface area contributed by atoms with Crippen LogP contribution in [0.5, 0.6) is 0 Å². The number of amides is 1. The Hall–Kier alpha value is -1.73. The molecule has 0 bridgehead atoms. The number of hydrogen-bond donors (Lipinski definition) is 0. The van der Waals surface area contributed by atoms with Gasteiger partial charge in [0.1, 0.15) is 5.76 Å². The molecule has 1 amide bonds. The van der Waals surface area contributed by atoms with Crippen molar-refractivity contribution in [1.82, 2.24) is 19.9 Å². The van der Waals surface area contributed by atoms with E-state index in [2.05, 4.69) is 20.4 Å². The minimum atomic E-state index is -0.00278. The van der Waals surface area contributed by atoms with Gasteiger partial charge in [0.15, 0.2) is 5.69 Å². The molecule has 1 saturated heterocycles. The van der Waals surface area contributed by atoms with Crippen LogP contribution in [0.3, 0.4) is 0 Å². The molecule has 7 heteroatoms. The van der Waals surface area contributed by atoms with Crippen LogP contribution in [0.2, 0.25) is 0 Å². The third-order valence-electron chi connectivity index (χ3n) is 4.66. The van der Waals surface area contributed by atoms with E-state index in [1.807, 2.05) is 17.9 Å². The summed E-state index contributed by atoms with van der Waals surface area (Å²) in [5.41, 5.74) is 1.59. The van der Waals surface area contributed by atoms with Crippen LogP contribution in [0.15, 0.2) is 16.0 Å². The highest BCUT2D eigenvalue weighted by Gasteiger charge is 2.30. The van der Waals surface area contributed by atoms with Crippen molar-refractivity contribution in [2.75, 3.05) is 26.2 Å². The lowest BCUT2D eigenvalue weighted by atomic mass is 10.2. The van der Waals surface area contributed by atoms with Gasteiger partial charge in [-0.25, -0.2) is 4.98 Å². The van der Waals surface area contributed by atoms with Crippen molar-refractivity contribution in [3.63, 3.8) is 0 Å². The van der Waals surface area contributed by atoms with E-state index >= 15 is 0 Å². The molecule has 3 heterocycles. The lowest BCUT2D eigenvalue weighted by Crippen LogP contribution is -2.35. The summed E-state index contributed by atoms with van der Waals surface area (Å²) >= 11 is 1.69. The van der Waals surface area contributed by atoms with E-state index in [-0.39, 0.29) is 5.91 Å². The van der Waals surface area contributed by atoms with Gasteiger partial charge in [0.25, 0.3) is 5.91 Å². The molecule has 128 valence electrons. The Morgan fingerprint density at radius 1 is 1.33 bits per heavy atom. The van der Waals surface area contributed by atoms with Crippen LogP contribution in [-0.2, 0) is 6.54 Å². The molecule has 4 rings (SSSR count). The summed E-state index contributed by atoms with van der Waals surface area (Å²) in [7, 11) is 0. The molecular formula is C17H22N4O2S. The summed E-state index contributed by atoms with van der Waals surface area (Å²) < 4.78 is 5.32. The quantitative estimate of drug-likeness (QED) is 0.852. The molecule has 2 aromatic heterocycles. The second kappa shape index (κ2) is 6.64. The Balaban J connectivity index is 1.35. The van der Waals surface area contributed by atoms with E-state index in [1.165, 1.54) is 0 Å². The number of carbonyl (C=O) groups excluding carboxylic acids is 1. The molecule has 2 fully saturated rings. The van der Waals surface area contributed by atoms with Gasteiger partial charge >= 0.3 is 0 Å². The minimum absolute atomic E-state index is 0.00278. The van der Waals surface area contributed by atoms with Crippen molar-refractivity contribution in [2.24, 2.45) is 0 Å². The van der Waals surface area contributed by atoms with Crippen LogP contribution in [0.25, 0.3) is 0 Å². The van der Waals surface area contributed by atoms with Gasteiger partial charge in [-0.2, -0.15) is 0 Å². The van der Waals surface area contributed by atoms with Crippen LogP contribution >= 0.6 is 11.3 Å². The normalized spacial score (nSPS) is 19.5. The summed E-state index contributed by atoms with van der Waals surface area (Å²) in [6.45, 7) is 6.26. The Morgan fingerprint density at radius 3 is 2.96 bits per heavy atom. The maximum Gasteiger partial charge on any atom is 0.276 e. The molecule has 6 nitrogen and oxygen atoms in total.